The molecule has 0 saturated heterocycles. The van der Waals surface area contributed by atoms with Gasteiger partial charge < -0.3 is 10.5 Å². The van der Waals surface area contributed by atoms with Gasteiger partial charge in [-0.15, -0.1) is 11.3 Å². The number of nitrogens with zero attached hydrogens (tertiary/aromatic N) is 1. The second-order valence-corrected chi connectivity index (χ2v) is 6.19. The number of thiazole rings is 1. The fourth-order valence-electron chi connectivity index (χ4n) is 2.22. The summed E-state index contributed by atoms with van der Waals surface area (Å²) in [5, 5.41) is 1.09. The predicted molar refractivity (Wildman–Crippen MR) is 84.1 cm³/mol. The molecule has 0 spiro atoms. The van der Waals surface area contributed by atoms with Crippen LogP contribution in [-0.4, -0.2) is 17.6 Å². The maximum absolute atomic E-state index is 6.37. The summed E-state index contributed by atoms with van der Waals surface area (Å²) in [4.78, 5) is 5.83. The first-order valence-electron chi connectivity index (χ1n) is 6.96. The van der Waals surface area contributed by atoms with Crippen molar-refractivity contribution in [2.75, 3.05) is 6.61 Å². The number of aryl methyl sites for hydroxylation is 2. The number of rotatable bonds is 6. The van der Waals surface area contributed by atoms with Gasteiger partial charge in [0.1, 0.15) is 0 Å². The highest BCUT2D eigenvalue weighted by molar-refractivity contribution is 7.11. The monoisotopic (exact) mass is 290 g/mol. The fraction of sp³-hybridized carbons (Fsp3) is 0.438. The molecule has 20 heavy (non-hydrogen) atoms. The van der Waals surface area contributed by atoms with Gasteiger partial charge in [0, 0.05) is 23.9 Å². The molecule has 2 aromatic rings. The highest BCUT2D eigenvalue weighted by atomic mass is 32.1. The Morgan fingerprint density at radius 1 is 1.25 bits per heavy atom. The molecule has 0 fully saturated rings. The van der Waals surface area contributed by atoms with Gasteiger partial charge in [0.05, 0.1) is 16.8 Å². The molecule has 4 heteroatoms. The number of hydrogen-bond acceptors (Lipinski definition) is 4. The van der Waals surface area contributed by atoms with Crippen LogP contribution in [0.25, 0.3) is 0 Å². The minimum Gasteiger partial charge on any atom is -0.372 e. The van der Waals surface area contributed by atoms with Crippen LogP contribution in [0.1, 0.15) is 34.2 Å². The predicted octanol–water partition coefficient (Wildman–Crippen LogP) is 3.41. The van der Waals surface area contributed by atoms with E-state index in [2.05, 4.69) is 24.0 Å². The molecular weight excluding hydrogens is 268 g/mol. The molecule has 1 heterocycles. The SMILES string of the molecule is CCOC(c1ccccc1)C(N)Cc1nc(C)c(C)s1. The third-order valence-corrected chi connectivity index (χ3v) is 4.44. The van der Waals surface area contributed by atoms with Crippen molar-refractivity contribution in [1.82, 2.24) is 4.98 Å². The van der Waals surface area contributed by atoms with E-state index in [1.165, 1.54) is 4.88 Å². The largest absolute Gasteiger partial charge is 0.372 e. The van der Waals surface area contributed by atoms with Gasteiger partial charge in [-0.1, -0.05) is 30.3 Å². The molecule has 2 rings (SSSR count). The molecule has 0 aliphatic heterocycles. The van der Waals surface area contributed by atoms with Crippen molar-refractivity contribution in [2.24, 2.45) is 5.73 Å². The molecule has 0 amide bonds. The van der Waals surface area contributed by atoms with E-state index < -0.39 is 0 Å². The highest BCUT2D eigenvalue weighted by Gasteiger charge is 2.21. The first kappa shape index (κ1) is 15.2. The topological polar surface area (TPSA) is 48.1 Å². The molecule has 3 nitrogen and oxygen atoms in total. The lowest BCUT2D eigenvalue weighted by Crippen LogP contribution is -2.32. The number of benzene rings is 1. The molecule has 108 valence electrons. The van der Waals surface area contributed by atoms with Gasteiger partial charge in [-0.05, 0) is 26.3 Å². The van der Waals surface area contributed by atoms with Crippen LogP contribution in [-0.2, 0) is 11.2 Å². The Balaban J connectivity index is 2.13. The third-order valence-electron chi connectivity index (χ3n) is 3.35. The smallest absolute Gasteiger partial charge is 0.0979 e. The maximum Gasteiger partial charge on any atom is 0.0979 e. The Morgan fingerprint density at radius 3 is 2.50 bits per heavy atom. The minimum atomic E-state index is -0.0812. The average molecular weight is 290 g/mol. The summed E-state index contributed by atoms with van der Waals surface area (Å²) in [6.45, 7) is 6.79. The van der Waals surface area contributed by atoms with Gasteiger partial charge in [-0.3, -0.25) is 0 Å². The molecule has 2 N–H and O–H groups in total. The lowest BCUT2D eigenvalue weighted by molar-refractivity contribution is 0.0433. The van der Waals surface area contributed by atoms with Crippen molar-refractivity contribution in [3.8, 4) is 0 Å². The lowest BCUT2D eigenvalue weighted by Gasteiger charge is -2.23. The van der Waals surface area contributed by atoms with Crippen LogP contribution >= 0.6 is 11.3 Å². The summed E-state index contributed by atoms with van der Waals surface area (Å²) in [6, 6.07) is 10.1. The van der Waals surface area contributed by atoms with E-state index in [0.29, 0.717) is 6.61 Å². The van der Waals surface area contributed by atoms with Crippen molar-refractivity contribution in [3.05, 3.63) is 51.5 Å². The van der Waals surface area contributed by atoms with Gasteiger partial charge in [0.25, 0.3) is 0 Å². The van der Waals surface area contributed by atoms with Crippen molar-refractivity contribution < 1.29 is 4.74 Å². The standard InChI is InChI=1S/C16H22N2OS/c1-4-19-16(13-8-6-5-7-9-13)14(17)10-15-18-11(2)12(3)20-15/h5-9,14,16H,4,10,17H2,1-3H3. The minimum absolute atomic E-state index is 0.0780. The molecule has 0 bridgehead atoms. The quantitative estimate of drug-likeness (QED) is 0.887. The Bertz CT molecular complexity index is 519. The Hall–Kier alpha value is -1.23. The molecule has 2 atom stereocenters. The Kier molecular flexibility index (Phi) is 5.29. The summed E-state index contributed by atoms with van der Waals surface area (Å²) < 4.78 is 5.85. The molecule has 0 saturated carbocycles. The second kappa shape index (κ2) is 6.97. The van der Waals surface area contributed by atoms with Crippen LogP contribution in [0.15, 0.2) is 30.3 Å². The van der Waals surface area contributed by atoms with Crippen molar-refractivity contribution in [2.45, 2.75) is 39.3 Å². The molecular formula is C16H22N2OS. The normalized spacial score (nSPS) is 14.2. The molecule has 1 aromatic heterocycles. The van der Waals surface area contributed by atoms with Gasteiger partial charge >= 0.3 is 0 Å². The number of nitrogens with two attached hydrogens (primary N) is 1. The summed E-state index contributed by atoms with van der Waals surface area (Å²) in [7, 11) is 0. The van der Waals surface area contributed by atoms with Gasteiger partial charge in [0.2, 0.25) is 0 Å². The summed E-state index contributed by atoms with van der Waals surface area (Å²) >= 11 is 1.73. The van der Waals surface area contributed by atoms with E-state index in [9.17, 15) is 0 Å². The van der Waals surface area contributed by atoms with E-state index in [1.807, 2.05) is 32.0 Å². The van der Waals surface area contributed by atoms with Gasteiger partial charge in [-0.2, -0.15) is 0 Å². The summed E-state index contributed by atoms with van der Waals surface area (Å²) in [5.74, 6) is 0. The van der Waals surface area contributed by atoms with Gasteiger partial charge in [0.15, 0.2) is 0 Å². The van der Waals surface area contributed by atoms with E-state index in [1.54, 1.807) is 11.3 Å². The van der Waals surface area contributed by atoms with E-state index in [4.69, 9.17) is 10.5 Å². The van der Waals surface area contributed by atoms with Crippen LogP contribution in [0.4, 0.5) is 0 Å². The molecule has 2 unspecified atom stereocenters. The van der Waals surface area contributed by atoms with Crippen molar-refractivity contribution in [1.29, 1.82) is 0 Å². The molecule has 1 aromatic carbocycles. The zero-order chi connectivity index (χ0) is 14.5. The zero-order valence-corrected chi connectivity index (χ0v) is 13.1. The van der Waals surface area contributed by atoms with E-state index in [0.717, 1.165) is 22.7 Å². The first-order chi connectivity index (χ1) is 9.61. The first-order valence-corrected chi connectivity index (χ1v) is 7.78. The van der Waals surface area contributed by atoms with E-state index >= 15 is 0 Å². The highest BCUT2D eigenvalue weighted by Crippen LogP contribution is 2.25. The fourth-order valence-corrected chi connectivity index (χ4v) is 3.23. The van der Waals surface area contributed by atoms with Crippen LogP contribution in [0.5, 0.6) is 0 Å². The second-order valence-electron chi connectivity index (χ2n) is 4.90. The summed E-state index contributed by atoms with van der Waals surface area (Å²) in [5.41, 5.74) is 8.60. The Labute approximate surface area is 124 Å². The van der Waals surface area contributed by atoms with Crippen molar-refractivity contribution in [3.63, 3.8) is 0 Å². The average Bonchev–Trinajstić information content (AvgIpc) is 2.75. The number of hydrogen-bond donors (Lipinski definition) is 1. The van der Waals surface area contributed by atoms with Crippen LogP contribution in [0.3, 0.4) is 0 Å². The maximum atomic E-state index is 6.37. The Morgan fingerprint density at radius 2 is 1.95 bits per heavy atom. The van der Waals surface area contributed by atoms with Gasteiger partial charge in [-0.25, -0.2) is 4.98 Å². The molecule has 0 aliphatic rings. The third kappa shape index (κ3) is 3.66. The molecule has 0 aliphatic carbocycles. The van der Waals surface area contributed by atoms with Crippen LogP contribution < -0.4 is 5.73 Å². The summed E-state index contributed by atoms with van der Waals surface area (Å²) in [6.07, 6.45) is 0.671. The number of ether oxygens (including phenoxy) is 1. The molecule has 0 radical (unpaired) electrons. The van der Waals surface area contributed by atoms with Crippen LogP contribution in [0.2, 0.25) is 0 Å². The number of aromatic nitrogens is 1. The van der Waals surface area contributed by atoms with Crippen LogP contribution in [0, 0.1) is 13.8 Å². The lowest BCUT2D eigenvalue weighted by atomic mass is 10.0. The van der Waals surface area contributed by atoms with Crippen molar-refractivity contribution >= 4 is 11.3 Å². The van der Waals surface area contributed by atoms with E-state index in [-0.39, 0.29) is 12.1 Å². The zero-order valence-electron chi connectivity index (χ0n) is 12.3.